The number of amides is 1. The number of halogens is 2. The highest BCUT2D eigenvalue weighted by atomic mass is 35.5. The molecule has 0 aliphatic carbocycles. The normalized spacial score (nSPS) is 9.38. The molecule has 0 unspecified atom stereocenters. The van der Waals surface area contributed by atoms with Crippen molar-refractivity contribution in [1.82, 2.24) is 5.32 Å². The highest BCUT2D eigenvalue weighted by Crippen LogP contribution is 2.06. The molecule has 1 rings (SSSR count). The van der Waals surface area contributed by atoms with Crippen molar-refractivity contribution >= 4 is 18.3 Å². The lowest BCUT2D eigenvalue weighted by molar-refractivity contribution is -0.120. The molecule has 3 N–H and O–H groups in total. The van der Waals surface area contributed by atoms with Gasteiger partial charge in [-0.1, -0.05) is 18.2 Å². The molecule has 0 saturated heterocycles. The third-order valence-corrected chi connectivity index (χ3v) is 2.01. The maximum atomic E-state index is 13.1. The lowest BCUT2D eigenvalue weighted by Gasteiger charge is -2.04. The Balaban J connectivity index is 0.00000225. The van der Waals surface area contributed by atoms with Crippen LogP contribution in [-0.4, -0.2) is 19.0 Å². The fourth-order valence-electron chi connectivity index (χ4n) is 1.21. The van der Waals surface area contributed by atoms with Gasteiger partial charge in [0.2, 0.25) is 5.91 Å². The highest BCUT2D eigenvalue weighted by molar-refractivity contribution is 5.85. The van der Waals surface area contributed by atoms with E-state index >= 15 is 0 Å². The number of carbonyl (C=O) groups is 1. The quantitative estimate of drug-likeness (QED) is 0.769. The van der Waals surface area contributed by atoms with Gasteiger partial charge in [-0.2, -0.15) is 0 Å². The van der Waals surface area contributed by atoms with Gasteiger partial charge in [-0.3, -0.25) is 4.79 Å². The van der Waals surface area contributed by atoms with Gasteiger partial charge in [0, 0.05) is 6.54 Å². The molecule has 1 amide bonds. The minimum absolute atomic E-state index is 0. The van der Waals surface area contributed by atoms with Crippen LogP contribution in [0.5, 0.6) is 0 Å². The molecule has 16 heavy (non-hydrogen) atoms. The monoisotopic (exact) mass is 246 g/mol. The number of carbonyl (C=O) groups excluding carboxylic acids is 1. The van der Waals surface area contributed by atoms with Crippen molar-refractivity contribution < 1.29 is 9.18 Å². The van der Waals surface area contributed by atoms with Crippen molar-refractivity contribution in [2.24, 2.45) is 5.73 Å². The first-order valence-corrected chi connectivity index (χ1v) is 4.94. The maximum Gasteiger partial charge on any atom is 0.224 e. The van der Waals surface area contributed by atoms with E-state index in [-0.39, 0.29) is 30.6 Å². The van der Waals surface area contributed by atoms with E-state index < -0.39 is 0 Å². The first-order chi connectivity index (χ1) is 7.24. The SMILES string of the molecule is Cl.NCCCNC(=O)Cc1ccccc1F. The molecule has 0 saturated carbocycles. The summed E-state index contributed by atoms with van der Waals surface area (Å²) < 4.78 is 13.1. The Morgan fingerprint density at radius 3 is 2.69 bits per heavy atom. The van der Waals surface area contributed by atoms with Crippen LogP contribution in [0.2, 0.25) is 0 Å². The molecule has 0 heterocycles. The summed E-state index contributed by atoms with van der Waals surface area (Å²) >= 11 is 0. The molecule has 0 spiro atoms. The molecule has 0 radical (unpaired) electrons. The van der Waals surface area contributed by atoms with E-state index in [2.05, 4.69) is 5.32 Å². The van der Waals surface area contributed by atoms with Crippen LogP contribution in [0.3, 0.4) is 0 Å². The van der Waals surface area contributed by atoms with E-state index in [0.717, 1.165) is 6.42 Å². The predicted molar refractivity (Wildman–Crippen MR) is 64.0 cm³/mol. The maximum absolute atomic E-state index is 13.1. The Morgan fingerprint density at radius 2 is 2.06 bits per heavy atom. The molecule has 3 nitrogen and oxygen atoms in total. The molecule has 0 aliphatic rings. The third kappa shape index (κ3) is 5.09. The summed E-state index contributed by atoms with van der Waals surface area (Å²) in [7, 11) is 0. The van der Waals surface area contributed by atoms with Gasteiger partial charge in [-0.15, -0.1) is 12.4 Å². The van der Waals surface area contributed by atoms with Gasteiger partial charge < -0.3 is 11.1 Å². The molecular weight excluding hydrogens is 231 g/mol. The van der Waals surface area contributed by atoms with Gasteiger partial charge in [-0.05, 0) is 24.6 Å². The topological polar surface area (TPSA) is 55.1 Å². The molecule has 0 aliphatic heterocycles. The van der Waals surface area contributed by atoms with Crippen LogP contribution in [0.1, 0.15) is 12.0 Å². The standard InChI is InChI=1S/C11H15FN2O.ClH/c12-10-5-2-1-4-9(10)8-11(15)14-7-3-6-13;/h1-2,4-5H,3,6-8,13H2,(H,14,15);1H. The van der Waals surface area contributed by atoms with Crippen LogP contribution in [0.25, 0.3) is 0 Å². The zero-order chi connectivity index (χ0) is 11.1. The number of hydrogen-bond acceptors (Lipinski definition) is 2. The van der Waals surface area contributed by atoms with Gasteiger partial charge in [0.15, 0.2) is 0 Å². The summed E-state index contributed by atoms with van der Waals surface area (Å²) in [5.41, 5.74) is 5.70. The van der Waals surface area contributed by atoms with E-state index in [1.54, 1.807) is 18.2 Å². The van der Waals surface area contributed by atoms with Crippen LogP contribution < -0.4 is 11.1 Å². The van der Waals surface area contributed by atoms with Gasteiger partial charge in [-0.25, -0.2) is 4.39 Å². The van der Waals surface area contributed by atoms with Crippen LogP contribution >= 0.6 is 12.4 Å². The molecule has 90 valence electrons. The second kappa shape index (κ2) is 8.07. The molecule has 0 atom stereocenters. The van der Waals surface area contributed by atoms with E-state index in [1.807, 2.05) is 0 Å². The largest absolute Gasteiger partial charge is 0.356 e. The fraction of sp³-hybridized carbons (Fsp3) is 0.364. The Bertz CT molecular complexity index is 334. The zero-order valence-corrected chi connectivity index (χ0v) is 9.73. The number of rotatable bonds is 5. The Kier molecular flexibility index (Phi) is 7.50. The van der Waals surface area contributed by atoms with Crippen molar-refractivity contribution in [2.75, 3.05) is 13.1 Å². The van der Waals surface area contributed by atoms with Crippen LogP contribution in [0, 0.1) is 5.82 Å². The summed E-state index contributed by atoms with van der Waals surface area (Å²) in [6, 6.07) is 6.27. The second-order valence-electron chi connectivity index (χ2n) is 3.26. The lowest BCUT2D eigenvalue weighted by Crippen LogP contribution is -2.27. The number of nitrogens with one attached hydrogen (secondary N) is 1. The van der Waals surface area contributed by atoms with Crippen molar-refractivity contribution in [3.8, 4) is 0 Å². The van der Waals surface area contributed by atoms with Crippen LogP contribution in [0.15, 0.2) is 24.3 Å². The summed E-state index contributed by atoms with van der Waals surface area (Å²) in [6.07, 6.45) is 0.820. The fourth-order valence-corrected chi connectivity index (χ4v) is 1.21. The Morgan fingerprint density at radius 1 is 1.38 bits per heavy atom. The smallest absolute Gasteiger partial charge is 0.224 e. The Labute approximate surface area is 101 Å². The molecular formula is C11H16ClFN2O. The number of benzene rings is 1. The first-order valence-electron chi connectivity index (χ1n) is 4.94. The number of nitrogens with two attached hydrogens (primary N) is 1. The molecule has 1 aromatic carbocycles. The first kappa shape index (κ1) is 14.9. The van der Waals surface area contributed by atoms with Gasteiger partial charge in [0.1, 0.15) is 5.82 Å². The molecule has 0 fully saturated rings. The van der Waals surface area contributed by atoms with Gasteiger partial charge in [0.25, 0.3) is 0 Å². The zero-order valence-electron chi connectivity index (χ0n) is 8.91. The minimum atomic E-state index is -0.341. The lowest BCUT2D eigenvalue weighted by atomic mass is 10.1. The van der Waals surface area contributed by atoms with E-state index in [9.17, 15) is 9.18 Å². The molecule has 0 aromatic heterocycles. The van der Waals surface area contributed by atoms with Gasteiger partial charge in [0.05, 0.1) is 6.42 Å². The summed E-state index contributed by atoms with van der Waals surface area (Å²) in [6.45, 7) is 1.09. The summed E-state index contributed by atoms with van der Waals surface area (Å²) in [5.74, 6) is -0.514. The molecule has 5 heteroatoms. The van der Waals surface area contributed by atoms with Gasteiger partial charge >= 0.3 is 0 Å². The van der Waals surface area contributed by atoms with Crippen molar-refractivity contribution in [1.29, 1.82) is 0 Å². The predicted octanol–water partition coefficient (Wildman–Crippen LogP) is 1.25. The second-order valence-corrected chi connectivity index (χ2v) is 3.26. The van der Waals surface area contributed by atoms with Crippen molar-refractivity contribution in [3.05, 3.63) is 35.6 Å². The van der Waals surface area contributed by atoms with Crippen molar-refractivity contribution in [3.63, 3.8) is 0 Å². The van der Waals surface area contributed by atoms with E-state index in [0.29, 0.717) is 18.7 Å². The van der Waals surface area contributed by atoms with E-state index in [1.165, 1.54) is 6.07 Å². The highest BCUT2D eigenvalue weighted by Gasteiger charge is 2.06. The van der Waals surface area contributed by atoms with Crippen molar-refractivity contribution in [2.45, 2.75) is 12.8 Å². The minimum Gasteiger partial charge on any atom is -0.356 e. The average Bonchev–Trinajstić information content (AvgIpc) is 2.22. The summed E-state index contributed by atoms with van der Waals surface area (Å²) in [5, 5.41) is 2.67. The molecule has 0 bridgehead atoms. The van der Waals surface area contributed by atoms with Crippen LogP contribution in [0.4, 0.5) is 4.39 Å². The average molecular weight is 247 g/mol. The number of hydrogen-bond donors (Lipinski definition) is 2. The van der Waals surface area contributed by atoms with Crippen LogP contribution in [-0.2, 0) is 11.2 Å². The third-order valence-electron chi connectivity index (χ3n) is 2.01. The Hall–Kier alpha value is -1.13. The summed E-state index contributed by atoms with van der Waals surface area (Å²) in [4.78, 5) is 11.3. The molecule has 1 aromatic rings. The van der Waals surface area contributed by atoms with E-state index in [4.69, 9.17) is 5.73 Å².